The molecule has 2 aromatic carbocycles. The van der Waals surface area contributed by atoms with Crippen LogP contribution in [0.25, 0.3) is 0 Å². The molecule has 0 spiro atoms. The predicted octanol–water partition coefficient (Wildman–Crippen LogP) is 2.14. The van der Waals surface area contributed by atoms with E-state index in [1.807, 2.05) is 6.26 Å². The van der Waals surface area contributed by atoms with Crippen LogP contribution in [-0.2, 0) is 4.79 Å². The van der Waals surface area contributed by atoms with Crippen molar-refractivity contribution >= 4 is 41.1 Å². The van der Waals surface area contributed by atoms with E-state index in [-0.39, 0.29) is 0 Å². The largest absolute Gasteiger partial charge is 0.366 e. The van der Waals surface area contributed by atoms with Gasteiger partial charge in [0.05, 0.1) is 11.1 Å². The number of carbonyl (C=O) groups excluding carboxylic acids is 4. The van der Waals surface area contributed by atoms with Crippen LogP contribution in [0, 0.1) is 0 Å². The van der Waals surface area contributed by atoms with Crippen molar-refractivity contribution in [2.75, 3.05) is 17.3 Å². The van der Waals surface area contributed by atoms with Crippen LogP contribution >= 0.6 is 11.8 Å². The van der Waals surface area contributed by atoms with Crippen molar-refractivity contribution in [3.8, 4) is 0 Å². The Morgan fingerprint density at radius 1 is 1.04 bits per heavy atom. The van der Waals surface area contributed by atoms with Gasteiger partial charge in [0.1, 0.15) is 6.04 Å². The first kappa shape index (κ1) is 19.6. The molecule has 2 aromatic rings. The van der Waals surface area contributed by atoms with Crippen LogP contribution in [-0.4, -0.2) is 46.6 Å². The van der Waals surface area contributed by atoms with Crippen molar-refractivity contribution in [1.29, 1.82) is 0 Å². The Balaban J connectivity index is 1.84. The van der Waals surface area contributed by atoms with E-state index < -0.39 is 29.7 Å². The summed E-state index contributed by atoms with van der Waals surface area (Å²) in [4.78, 5) is 50.6. The summed E-state index contributed by atoms with van der Waals surface area (Å²) >= 11 is 1.52. The molecule has 8 heteroatoms. The van der Waals surface area contributed by atoms with E-state index in [2.05, 4.69) is 5.32 Å². The molecular formula is C20H19N3O4S. The van der Waals surface area contributed by atoms with E-state index in [4.69, 9.17) is 5.73 Å². The lowest BCUT2D eigenvalue weighted by atomic mass is 10.1. The minimum Gasteiger partial charge on any atom is -0.366 e. The summed E-state index contributed by atoms with van der Waals surface area (Å²) in [5, 5.41) is 2.72. The third-order valence-corrected chi connectivity index (χ3v) is 5.12. The number of hydrogen-bond donors (Lipinski definition) is 2. The van der Waals surface area contributed by atoms with E-state index in [1.54, 1.807) is 36.4 Å². The molecule has 1 atom stereocenters. The summed E-state index contributed by atoms with van der Waals surface area (Å²) < 4.78 is 0. The summed E-state index contributed by atoms with van der Waals surface area (Å²) in [6.07, 6.45) is 2.22. The highest BCUT2D eigenvalue weighted by Crippen LogP contribution is 2.26. The lowest BCUT2D eigenvalue weighted by Gasteiger charge is -2.25. The number of benzene rings is 2. The van der Waals surface area contributed by atoms with Gasteiger partial charge in [0.2, 0.25) is 11.8 Å². The molecule has 0 aromatic heterocycles. The van der Waals surface area contributed by atoms with Crippen molar-refractivity contribution in [2.24, 2.45) is 5.73 Å². The van der Waals surface area contributed by atoms with Gasteiger partial charge in [0.15, 0.2) is 0 Å². The zero-order valence-corrected chi connectivity index (χ0v) is 16.0. The standard InChI is InChI=1S/C20H19N3O4S/c1-28-11-10-16(18(25)22-13-8-6-12(7-9-13)17(21)24)23-19(26)14-4-2-3-5-15(14)20(23)27/h2-9,16H,10-11H2,1H3,(H2,21,24)(H,22,25). The minimum absolute atomic E-state index is 0.306. The molecule has 7 nitrogen and oxygen atoms in total. The Morgan fingerprint density at radius 2 is 1.61 bits per heavy atom. The summed E-state index contributed by atoms with van der Waals surface area (Å²) in [6.45, 7) is 0. The number of amides is 4. The maximum Gasteiger partial charge on any atom is 0.262 e. The van der Waals surface area contributed by atoms with Crippen LogP contribution in [0.3, 0.4) is 0 Å². The second kappa shape index (κ2) is 8.26. The molecular weight excluding hydrogens is 378 g/mol. The molecule has 4 amide bonds. The van der Waals surface area contributed by atoms with E-state index in [1.165, 1.54) is 23.9 Å². The number of nitrogens with zero attached hydrogens (tertiary/aromatic N) is 1. The lowest BCUT2D eigenvalue weighted by Crippen LogP contribution is -2.47. The number of carbonyl (C=O) groups is 4. The Morgan fingerprint density at radius 3 is 2.11 bits per heavy atom. The second-order valence-electron chi connectivity index (χ2n) is 6.25. The van der Waals surface area contributed by atoms with Crippen molar-refractivity contribution in [1.82, 2.24) is 4.90 Å². The summed E-state index contributed by atoms with van der Waals surface area (Å²) in [5.41, 5.74) is 6.59. The van der Waals surface area contributed by atoms with Crippen molar-refractivity contribution in [3.63, 3.8) is 0 Å². The normalized spacial score (nSPS) is 14.0. The highest BCUT2D eigenvalue weighted by molar-refractivity contribution is 7.98. The number of anilines is 1. The Kier molecular flexibility index (Phi) is 5.79. The van der Waals surface area contributed by atoms with E-state index in [9.17, 15) is 19.2 Å². The van der Waals surface area contributed by atoms with Crippen LogP contribution in [0.5, 0.6) is 0 Å². The molecule has 144 valence electrons. The number of hydrogen-bond acceptors (Lipinski definition) is 5. The number of rotatable bonds is 7. The predicted molar refractivity (Wildman–Crippen MR) is 107 cm³/mol. The van der Waals surface area contributed by atoms with E-state index >= 15 is 0 Å². The third kappa shape index (κ3) is 3.77. The molecule has 28 heavy (non-hydrogen) atoms. The number of thioether (sulfide) groups is 1. The molecule has 0 saturated heterocycles. The van der Waals surface area contributed by atoms with Gasteiger partial charge in [0, 0.05) is 11.3 Å². The molecule has 0 aliphatic carbocycles. The summed E-state index contributed by atoms with van der Waals surface area (Å²) in [7, 11) is 0. The number of nitrogens with two attached hydrogens (primary N) is 1. The van der Waals surface area contributed by atoms with Crippen LogP contribution < -0.4 is 11.1 Å². The fraction of sp³-hybridized carbons (Fsp3) is 0.200. The molecule has 3 N–H and O–H groups in total. The molecule has 1 unspecified atom stereocenters. The zero-order chi connectivity index (χ0) is 20.3. The van der Waals surface area contributed by atoms with E-state index in [0.29, 0.717) is 34.6 Å². The van der Waals surface area contributed by atoms with Crippen LogP contribution in [0.1, 0.15) is 37.5 Å². The van der Waals surface area contributed by atoms with Gasteiger partial charge in [-0.25, -0.2) is 0 Å². The molecule has 0 saturated carbocycles. The van der Waals surface area contributed by atoms with Gasteiger partial charge < -0.3 is 11.1 Å². The smallest absolute Gasteiger partial charge is 0.262 e. The Labute approximate surface area is 166 Å². The fourth-order valence-electron chi connectivity index (χ4n) is 3.04. The number of imide groups is 1. The van der Waals surface area contributed by atoms with Crippen LogP contribution in [0.2, 0.25) is 0 Å². The van der Waals surface area contributed by atoms with Gasteiger partial charge in [-0.1, -0.05) is 12.1 Å². The third-order valence-electron chi connectivity index (χ3n) is 4.47. The number of primary amides is 1. The van der Waals surface area contributed by atoms with Crippen LogP contribution in [0.4, 0.5) is 5.69 Å². The molecule has 1 heterocycles. The molecule has 0 fully saturated rings. The van der Waals surface area contributed by atoms with Crippen molar-refractivity contribution < 1.29 is 19.2 Å². The molecule has 1 aliphatic heterocycles. The van der Waals surface area contributed by atoms with Gasteiger partial charge in [-0.2, -0.15) is 11.8 Å². The van der Waals surface area contributed by atoms with Gasteiger partial charge >= 0.3 is 0 Å². The van der Waals surface area contributed by atoms with Gasteiger partial charge in [-0.3, -0.25) is 24.1 Å². The van der Waals surface area contributed by atoms with E-state index in [0.717, 1.165) is 4.90 Å². The maximum absolute atomic E-state index is 12.9. The maximum atomic E-state index is 12.9. The summed E-state index contributed by atoms with van der Waals surface area (Å²) in [6, 6.07) is 11.7. The van der Waals surface area contributed by atoms with Crippen molar-refractivity contribution in [3.05, 3.63) is 65.2 Å². The Hall–Kier alpha value is -3.13. The highest BCUT2D eigenvalue weighted by Gasteiger charge is 2.42. The second-order valence-corrected chi connectivity index (χ2v) is 7.24. The lowest BCUT2D eigenvalue weighted by molar-refractivity contribution is -0.120. The number of nitrogens with one attached hydrogen (secondary N) is 1. The molecule has 1 aliphatic rings. The fourth-order valence-corrected chi connectivity index (χ4v) is 3.50. The Bertz CT molecular complexity index is 908. The number of fused-ring (bicyclic) bond motifs is 1. The monoisotopic (exact) mass is 397 g/mol. The highest BCUT2D eigenvalue weighted by atomic mass is 32.2. The van der Waals surface area contributed by atoms with Gasteiger partial charge in [-0.05, 0) is 54.8 Å². The zero-order valence-electron chi connectivity index (χ0n) is 15.2. The summed E-state index contributed by atoms with van der Waals surface area (Å²) in [5.74, 6) is -1.36. The average Bonchev–Trinajstić information content (AvgIpc) is 2.94. The average molecular weight is 397 g/mol. The van der Waals surface area contributed by atoms with Gasteiger partial charge in [0.25, 0.3) is 11.8 Å². The quantitative estimate of drug-likeness (QED) is 0.696. The first-order valence-corrected chi connectivity index (χ1v) is 10.00. The first-order valence-electron chi connectivity index (χ1n) is 8.60. The topological polar surface area (TPSA) is 110 Å². The SMILES string of the molecule is CSCCC(C(=O)Nc1ccc(C(N)=O)cc1)N1C(=O)c2ccccc2C1=O. The minimum atomic E-state index is -0.935. The van der Waals surface area contributed by atoms with Crippen molar-refractivity contribution in [2.45, 2.75) is 12.5 Å². The van der Waals surface area contributed by atoms with Crippen LogP contribution in [0.15, 0.2) is 48.5 Å². The molecule has 3 rings (SSSR count). The first-order chi connectivity index (χ1) is 13.4. The molecule has 0 bridgehead atoms. The molecule has 0 radical (unpaired) electrons. The van der Waals surface area contributed by atoms with Gasteiger partial charge in [-0.15, -0.1) is 0 Å².